The fourth-order valence-electron chi connectivity index (χ4n) is 1.16. The van der Waals surface area contributed by atoms with Gasteiger partial charge in [-0.2, -0.15) is 0 Å². The van der Waals surface area contributed by atoms with Crippen LogP contribution in [-0.2, 0) is 9.53 Å². The first-order chi connectivity index (χ1) is 7.95. The molecule has 1 aromatic rings. The molecule has 0 radical (unpaired) electrons. The number of carbonyl (C=O) groups is 2. The van der Waals surface area contributed by atoms with Gasteiger partial charge in [0.15, 0.2) is 0 Å². The number of hydrogen-bond donors (Lipinski definition) is 3. The van der Waals surface area contributed by atoms with Gasteiger partial charge in [0.1, 0.15) is 11.9 Å². The van der Waals surface area contributed by atoms with Crippen LogP contribution in [-0.4, -0.2) is 35.3 Å². The molecule has 1 amide bonds. The molecule has 0 aliphatic heterocycles. The fourth-order valence-corrected chi connectivity index (χ4v) is 1.16. The van der Waals surface area contributed by atoms with Crippen LogP contribution in [0.2, 0.25) is 0 Å². The van der Waals surface area contributed by atoms with E-state index in [1.807, 2.05) is 0 Å². The van der Waals surface area contributed by atoms with Crippen LogP contribution in [0.3, 0.4) is 0 Å². The molecule has 0 saturated heterocycles. The lowest BCUT2D eigenvalue weighted by Gasteiger charge is -2.12. The number of methoxy groups -OCH3 is 1. The summed E-state index contributed by atoms with van der Waals surface area (Å²) in [5, 5.41) is 20.5. The van der Waals surface area contributed by atoms with E-state index in [-0.39, 0.29) is 17.0 Å². The lowest BCUT2D eigenvalue weighted by molar-refractivity contribution is -0.124. The number of phenols is 1. The van der Waals surface area contributed by atoms with Crippen LogP contribution >= 0.6 is 0 Å². The van der Waals surface area contributed by atoms with Gasteiger partial charge in [-0.25, -0.2) is 4.79 Å². The maximum Gasteiger partial charge on any atom is 0.337 e. The van der Waals surface area contributed by atoms with Gasteiger partial charge in [0, 0.05) is 7.11 Å². The Balaban J connectivity index is 2.98. The maximum atomic E-state index is 11.5. The first-order valence-electron chi connectivity index (χ1n) is 4.85. The van der Waals surface area contributed by atoms with Crippen molar-refractivity contribution in [3.05, 3.63) is 23.8 Å². The van der Waals surface area contributed by atoms with Gasteiger partial charge in [-0.3, -0.25) is 4.79 Å². The van der Waals surface area contributed by atoms with Crippen molar-refractivity contribution in [3.63, 3.8) is 0 Å². The number of aromatic hydroxyl groups is 1. The van der Waals surface area contributed by atoms with Crippen molar-refractivity contribution in [2.75, 3.05) is 12.4 Å². The highest BCUT2D eigenvalue weighted by Gasteiger charge is 2.16. The third-order valence-electron chi connectivity index (χ3n) is 2.21. The molecular weight excluding hydrogens is 226 g/mol. The summed E-state index contributed by atoms with van der Waals surface area (Å²) in [7, 11) is 1.37. The van der Waals surface area contributed by atoms with Gasteiger partial charge >= 0.3 is 5.97 Å². The van der Waals surface area contributed by atoms with E-state index in [0.717, 1.165) is 6.07 Å². The minimum Gasteiger partial charge on any atom is -0.508 e. The molecule has 1 atom stereocenters. The number of carboxylic acid groups (broad SMARTS) is 1. The van der Waals surface area contributed by atoms with E-state index in [1.165, 1.54) is 26.2 Å². The summed E-state index contributed by atoms with van der Waals surface area (Å²) in [6.07, 6.45) is -0.689. The molecule has 0 aliphatic carbocycles. The monoisotopic (exact) mass is 239 g/mol. The Kier molecular flexibility index (Phi) is 4.06. The second kappa shape index (κ2) is 5.31. The zero-order valence-electron chi connectivity index (χ0n) is 9.43. The van der Waals surface area contributed by atoms with Crippen molar-refractivity contribution < 1.29 is 24.5 Å². The van der Waals surface area contributed by atoms with E-state index in [1.54, 1.807) is 0 Å². The van der Waals surface area contributed by atoms with Crippen LogP contribution in [0.25, 0.3) is 0 Å². The van der Waals surface area contributed by atoms with E-state index in [4.69, 9.17) is 9.84 Å². The molecule has 0 spiro atoms. The molecule has 1 aromatic carbocycles. The highest BCUT2D eigenvalue weighted by molar-refractivity contribution is 6.02. The van der Waals surface area contributed by atoms with E-state index < -0.39 is 18.0 Å². The molecule has 1 unspecified atom stereocenters. The van der Waals surface area contributed by atoms with Crippen molar-refractivity contribution >= 4 is 17.6 Å². The normalized spacial score (nSPS) is 11.9. The average molecular weight is 239 g/mol. The molecule has 3 N–H and O–H groups in total. The molecule has 0 aromatic heterocycles. The van der Waals surface area contributed by atoms with Crippen LogP contribution in [0.15, 0.2) is 18.2 Å². The number of amides is 1. The van der Waals surface area contributed by atoms with Gasteiger partial charge in [-0.1, -0.05) is 0 Å². The number of rotatable bonds is 4. The maximum absolute atomic E-state index is 11.5. The molecular formula is C11H13NO5. The summed E-state index contributed by atoms with van der Waals surface area (Å²) in [6, 6.07) is 3.67. The minimum atomic E-state index is -1.23. The van der Waals surface area contributed by atoms with Gasteiger partial charge in [-0.15, -0.1) is 0 Å². The SMILES string of the molecule is COC(C)C(=O)Nc1ccc(O)cc1C(=O)O. The van der Waals surface area contributed by atoms with Crippen molar-refractivity contribution in [1.29, 1.82) is 0 Å². The Hall–Kier alpha value is -2.08. The molecule has 0 bridgehead atoms. The first-order valence-corrected chi connectivity index (χ1v) is 4.85. The van der Waals surface area contributed by atoms with Crippen LogP contribution < -0.4 is 5.32 Å². The van der Waals surface area contributed by atoms with Gasteiger partial charge in [0.25, 0.3) is 5.91 Å². The number of benzene rings is 1. The summed E-state index contributed by atoms with van der Waals surface area (Å²) in [4.78, 5) is 22.4. The van der Waals surface area contributed by atoms with Gasteiger partial charge in [0.2, 0.25) is 0 Å². The number of carbonyl (C=O) groups excluding carboxylic acids is 1. The van der Waals surface area contributed by atoms with Crippen LogP contribution in [0.5, 0.6) is 5.75 Å². The number of ether oxygens (including phenoxy) is 1. The van der Waals surface area contributed by atoms with Crippen molar-refractivity contribution in [2.24, 2.45) is 0 Å². The third-order valence-corrected chi connectivity index (χ3v) is 2.21. The Labute approximate surface area is 97.8 Å². The summed E-state index contributed by atoms with van der Waals surface area (Å²) >= 11 is 0. The third kappa shape index (κ3) is 3.18. The highest BCUT2D eigenvalue weighted by atomic mass is 16.5. The first kappa shape index (κ1) is 13.0. The predicted octanol–water partition coefficient (Wildman–Crippen LogP) is 1.06. The van der Waals surface area contributed by atoms with Crippen LogP contribution in [0.4, 0.5) is 5.69 Å². The van der Waals surface area contributed by atoms with E-state index >= 15 is 0 Å². The molecule has 0 saturated carbocycles. The van der Waals surface area contributed by atoms with E-state index in [9.17, 15) is 14.7 Å². The smallest absolute Gasteiger partial charge is 0.337 e. The zero-order valence-corrected chi connectivity index (χ0v) is 9.43. The molecule has 0 fully saturated rings. The number of nitrogens with one attached hydrogen (secondary N) is 1. The summed E-state index contributed by atoms with van der Waals surface area (Å²) in [6.45, 7) is 1.54. The number of phenolic OH excluding ortho intramolecular Hbond substituents is 1. The summed E-state index contributed by atoms with van der Waals surface area (Å²) in [5.41, 5.74) is -0.0640. The summed E-state index contributed by atoms with van der Waals surface area (Å²) < 4.78 is 4.80. The Morgan fingerprint density at radius 3 is 2.59 bits per heavy atom. The van der Waals surface area contributed by atoms with Crippen LogP contribution in [0.1, 0.15) is 17.3 Å². The van der Waals surface area contributed by atoms with Crippen LogP contribution in [0, 0.1) is 0 Å². The van der Waals surface area contributed by atoms with E-state index in [0.29, 0.717) is 0 Å². The predicted molar refractivity (Wildman–Crippen MR) is 60.2 cm³/mol. The van der Waals surface area contributed by atoms with Crippen molar-refractivity contribution in [2.45, 2.75) is 13.0 Å². The average Bonchev–Trinajstić information content (AvgIpc) is 2.29. The van der Waals surface area contributed by atoms with E-state index in [2.05, 4.69) is 5.32 Å². The lowest BCUT2D eigenvalue weighted by Crippen LogP contribution is -2.27. The fraction of sp³-hybridized carbons (Fsp3) is 0.273. The molecule has 92 valence electrons. The second-order valence-corrected chi connectivity index (χ2v) is 3.40. The molecule has 0 heterocycles. The molecule has 6 nitrogen and oxygen atoms in total. The van der Waals surface area contributed by atoms with Gasteiger partial charge < -0.3 is 20.3 Å². The van der Waals surface area contributed by atoms with Crippen molar-refractivity contribution in [1.82, 2.24) is 0 Å². The quantitative estimate of drug-likeness (QED) is 0.683. The Morgan fingerprint density at radius 2 is 2.06 bits per heavy atom. The highest BCUT2D eigenvalue weighted by Crippen LogP contribution is 2.21. The number of carboxylic acids is 1. The van der Waals surface area contributed by atoms with Gasteiger partial charge in [-0.05, 0) is 25.1 Å². The topological polar surface area (TPSA) is 95.9 Å². The Bertz CT molecular complexity index is 443. The second-order valence-electron chi connectivity index (χ2n) is 3.40. The number of anilines is 1. The largest absolute Gasteiger partial charge is 0.508 e. The minimum absolute atomic E-state index is 0.115. The van der Waals surface area contributed by atoms with Gasteiger partial charge in [0.05, 0.1) is 11.3 Å². The van der Waals surface area contributed by atoms with Crippen molar-refractivity contribution in [3.8, 4) is 5.75 Å². The molecule has 1 rings (SSSR count). The number of aromatic carboxylic acids is 1. The molecule has 0 aliphatic rings. The lowest BCUT2D eigenvalue weighted by atomic mass is 10.1. The molecule has 17 heavy (non-hydrogen) atoms. The molecule has 6 heteroatoms. The Morgan fingerprint density at radius 1 is 1.41 bits per heavy atom. The summed E-state index contributed by atoms with van der Waals surface area (Å²) in [5.74, 6) is -1.87. The standard InChI is InChI=1S/C11H13NO5/c1-6(17-2)10(14)12-9-4-3-7(13)5-8(9)11(15)16/h3-6,13H,1-2H3,(H,12,14)(H,15,16). The zero-order chi connectivity index (χ0) is 13.0. The number of hydrogen-bond acceptors (Lipinski definition) is 4.